The summed E-state index contributed by atoms with van der Waals surface area (Å²) in [7, 11) is 0. The zero-order valence-electron chi connectivity index (χ0n) is 13.5. The highest BCUT2D eigenvalue weighted by molar-refractivity contribution is 6.44. The Balaban J connectivity index is 2.11. The van der Waals surface area contributed by atoms with Gasteiger partial charge < -0.3 is 13.3 Å². The highest BCUT2D eigenvalue weighted by atomic mass is 16.3. The molecule has 3 nitrogen and oxygen atoms in total. The van der Waals surface area contributed by atoms with Gasteiger partial charge in [0.05, 0.1) is 0 Å². The van der Waals surface area contributed by atoms with Gasteiger partial charge in [-0.15, -0.1) is 0 Å². The van der Waals surface area contributed by atoms with Crippen molar-refractivity contribution in [2.75, 3.05) is 0 Å². The highest BCUT2D eigenvalue weighted by Crippen LogP contribution is 2.53. The third-order valence-electron chi connectivity index (χ3n) is 5.67. The van der Waals surface area contributed by atoms with Gasteiger partial charge in [0.1, 0.15) is 33.5 Å². The molecule has 0 fully saturated rings. The second-order valence-corrected chi connectivity index (χ2v) is 7.12. The Morgan fingerprint density at radius 2 is 0.750 bits per heavy atom. The van der Waals surface area contributed by atoms with Crippen molar-refractivity contribution in [3.05, 3.63) is 34.9 Å². The minimum Gasteiger partial charge on any atom is -0.456 e. The number of hydrogen-bond acceptors (Lipinski definition) is 3. The van der Waals surface area contributed by atoms with E-state index in [4.69, 9.17) is 13.3 Å². The van der Waals surface area contributed by atoms with Gasteiger partial charge in [-0.1, -0.05) is 0 Å². The average Bonchev–Trinajstić information content (AvgIpc) is 3.18. The summed E-state index contributed by atoms with van der Waals surface area (Å²) in [4.78, 5) is 0. The molecule has 4 aromatic carbocycles. The molecule has 7 aromatic rings. The SMILES string of the molecule is Cc1cc2oc3c(C)cc4oc5c(C)cc6oc1c1c6c5c4c3c21. The van der Waals surface area contributed by atoms with Gasteiger partial charge in [-0.25, -0.2) is 0 Å². The molecule has 0 N–H and O–H groups in total. The van der Waals surface area contributed by atoms with Crippen LogP contribution in [0.4, 0.5) is 0 Å². The summed E-state index contributed by atoms with van der Waals surface area (Å²) in [6.07, 6.45) is 0. The normalized spacial score (nSPS) is 13.6. The van der Waals surface area contributed by atoms with E-state index >= 15 is 0 Å². The van der Waals surface area contributed by atoms with Gasteiger partial charge >= 0.3 is 0 Å². The second-order valence-electron chi connectivity index (χ2n) is 7.12. The van der Waals surface area contributed by atoms with Crippen LogP contribution in [0.1, 0.15) is 16.7 Å². The molecule has 0 saturated carbocycles. The largest absolute Gasteiger partial charge is 0.456 e. The first-order valence-corrected chi connectivity index (χ1v) is 8.21. The monoisotopic (exact) mass is 312 g/mol. The van der Waals surface area contributed by atoms with E-state index in [-0.39, 0.29) is 0 Å². The Bertz CT molecular complexity index is 1350. The van der Waals surface area contributed by atoms with E-state index in [2.05, 4.69) is 39.0 Å². The summed E-state index contributed by atoms with van der Waals surface area (Å²) >= 11 is 0. The molecule has 7 rings (SSSR count). The number of furan rings is 3. The average molecular weight is 312 g/mol. The van der Waals surface area contributed by atoms with E-state index < -0.39 is 0 Å². The van der Waals surface area contributed by atoms with Crippen LogP contribution in [-0.2, 0) is 0 Å². The lowest BCUT2D eigenvalue weighted by atomic mass is 9.92. The van der Waals surface area contributed by atoms with Gasteiger partial charge in [0.15, 0.2) is 0 Å². The minimum atomic E-state index is 0.939. The molecule has 114 valence electrons. The van der Waals surface area contributed by atoms with Crippen molar-refractivity contribution in [3.63, 3.8) is 0 Å². The Kier molecular flexibility index (Phi) is 1.52. The third kappa shape index (κ3) is 0.946. The Morgan fingerprint density at radius 1 is 0.458 bits per heavy atom. The summed E-state index contributed by atoms with van der Waals surface area (Å²) in [5, 5.41) is 7.09. The molecule has 0 aliphatic rings. The first kappa shape index (κ1) is 11.6. The molecular formula is C21H12O3. The molecular weight excluding hydrogens is 300 g/mol. The van der Waals surface area contributed by atoms with E-state index in [1.54, 1.807) is 0 Å². The molecule has 0 saturated heterocycles. The molecule has 0 atom stereocenters. The van der Waals surface area contributed by atoms with Crippen LogP contribution in [0.3, 0.4) is 0 Å². The molecule has 0 aliphatic heterocycles. The third-order valence-corrected chi connectivity index (χ3v) is 5.67. The van der Waals surface area contributed by atoms with Crippen LogP contribution in [0.5, 0.6) is 0 Å². The van der Waals surface area contributed by atoms with Gasteiger partial charge in [-0.05, 0) is 55.7 Å². The molecule has 0 amide bonds. The van der Waals surface area contributed by atoms with Gasteiger partial charge in [0, 0.05) is 32.3 Å². The molecule has 0 unspecified atom stereocenters. The summed E-state index contributed by atoms with van der Waals surface area (Å²) in [6.45, 7) is 6.26. The van der Waals surface area contributed by atoms with Crippen molar-refractivity contribution in [1.82, 2.24) is 0 Å². The fraction of sp³-hybridized carbons (Fsp3) is 0.143. The smallest absolute Gasteiger partial charge is 0.139 e. The molecule has 3 heterocycles. The maximum atomic E-state index is 6.27. The maximum Gasteiger partial charge on any atom is 0.139 e. The minimum absolute atomic E-state index is 0.939. The van der Waals surface area contributed by atoms with Crippen molar-refractivity contribution in [3.8, 4) is 0 Å². The zero-order valence-corrected chi connectivity index (χ0v) is 13.5. The lowest BCUT2D eigenvalue weighted by Gasteiger charge is -2.04. The predicted molar refractivity (Wildman–Crippen MR) is 96.0 cm³/mol. The van der Waals surface area contributed by atoms with Crippen molar-refractivity contribution in [2.45, 2.75) is 20.8 Å². The van der Waals surface area contributed by atoms with Gasteiger partial charge in [-0.3, -0.25) is 0 Å². The summed E-state index contributed by atoms with van der Waals surface area (Å²) < 4.78 is 18.8. The van der Waals surface area contributed by atoms with E-state index in [0.717, 1.165) is 50.2 Å². The second kappa shape index (κ2) is 3.16. The van der Waals surface area contributed by atoms with E-state index in [0.29, 0.717) is 0 Å². The van der Waals surface area contributed by atoms with Crippen LogP contribution in [0.25, 0.3) is 65.8 Å². The first-order chi connectivity index (χ1) is 11.6. The molecule has 3 aromatic heterocycles. The standard InChI is InChI=1S/C21H12O3/c1-7-4-10-13-16-14-11(22-19(7)16)5-8(2)21-18(14)15-12(24-21)6-9(3)20(23-10)17(13)15/h4-6H,1-3H3. The summed E-state index contributed by atoms with van der Waals surface area (Å²) in [5.41, 5.74) is 9.05. The van der Waals surface area contributed by atoms with Crippen LogP contribution in [0.15, 0.2) is 31.5 Å². The molecule has 0 spiro atoms. The highest BCUT2D eigenvalue weighted by Gasteiger charge is 2.29. The lowest BCUT2D eigenvalue weighted by molar-refractivity contribution is 0.659. The number of benzene rings is 4. The van der Waals surface area contributed by atoms with Crippen LogP contribution >= 0.6 is 0 Å². The van der Waals surface area contributed by atoms with Crippen LogP contribution < -0.4 is 0 Å². The quantitative estimate of drug-likeness (QED) is 0.295. The van der Waals surface area contributed by atoms with E-state index in [1.807, 2.05) is 0 Å². The van der Waals surface area contributed by atoms with Crippen molar-refractivity contribution in [2.24, 2.45) is 0 Å². The fourth-order valence-corrected chi connectivity index (χ4v) is 4.73. The zero-order chi connectivity index (χ0) is 15.9. The Hall–Kier alpha value is -2.94. The summed E-state index contributed by atoms with van der Waals surface area (Å²) in [5.74, 6) is 0. The van der Waals surface area contributed by atoms with E-state index in [9.17, 15) is 0 Å². The fourth-order valence-electron chi connectivity index (χ4n) is 4.73. The van der Waals surface area contributed by atoms with Crippen molar-refractivity contribution in [1.29, 1.82) is 0 Å². The topological polar surface area (TPSA) is 39.4 Å². The first-order valence-electron chi connectivity index (χ1n) is 8.21. The van der Waals surface area contributed by atoms with E-state index in [1.165, 1.54) is 32.3 Å². The number of aryl methyl sites for hydroxylation is 3. The van der Waals surface area contributed by atoms with Crippen LogP contribution in [0.2, 0.25) is 0 Å². The van der Waals surface area contributed by atoms with Gasteiger partial charge in [0.25, 0.3) is 0 Å². The molecule has 3 heteroatoms. The summed E-state index contributed by atoms with van der Waals surface area (Å²) in [6, 6.07) is 6.29. The molecule has 0 bridgehead atoms. The molecule has 0 aliphatic carbocycles. The molecule has 0 radical (unpaired) electrons. The van der Waals surface area contributed by atoms with Crippen molar-refractivity contribution >= 4 is 65.8 Å². The predicted octanol–water partition coefficient (Wildman–Crippen LogP) is 6.62. The van der Waals surface area contributed by atoms with Gasteiger partial charge in [-0.2, -0.15) is 0 Å². The maximum absolute atomic E-state index is 6.27. The van der Waals surface area contributed by atoms with Crippen LogP contribution in [-0.4, -0.2) is 0 Å². The Morgan fingerprint density at radius 3 is 1.04 bits per heavy atom. The van der Waals surface area contributed by atoms with Crippen molar-refractivity contribution < 1.29 is 13.3 Å². The number of rotatable bonds is 0. The Labute approximate surface area is 135 Å². The van der Waals surface area contributed by atoms with Crippen LogP contribution in [0, 0.1) is 20.8 Å². The number of hydrogen-bond donors (Lipinski definition) is 0. The molecule has 24 heavy (non-hydrogen) atoms. The van der Waals surface area contributed by atoms with Gasteiger partial charge in [0.2, 0.25) is 0 Å². The lowest BCUT2D eigenvalue weighted by Crippen LogP contribution is -1.83.